The normalized spacial score (nSPS) is 13.9. The minimum atomic E-state index is -1.58. The van der Waals surface area contributed by atoms with Gasteiger partial charge in [-0.05, 0) is 22.3 Å². The fourth-order valence-corrected chi connectivity index (χ4v) is 4.76. The first kappa shape index (κ1) is 24.4. The van der Waals surface area contributed by atoms with Crippen molar-refractivity contribution < 1.29 is 29.3 Å². The average molecular weight is 496 g/mol. The summed E-state index contributed by atoms with van der Waals surface area (Å²) in [5.74, 6) is -1.99. The number of hydrogen-bond donors (Lipinski definition) is 4. The van der Waals surface area contributed by atoms with Crippen molar-refractivity contribution in [3.05, 3.63) is 76.2 Å². The molecule has 0 bridgehead atoms. The van der Waals surface area contributed by atoms with E-state index in [9.17, 15) is 19.5 Å². The van der Waals surface area contributed by atoms with Gasteiger partial charge in [0.1, 0.15) is 12.6 Å². The SMILES string of the molecule is O=C(NC(Cc1cncs1)C(=O)NCC[C@H](O)C(=O)O)OCC1c2ccccc2-c2ccccc21. The van der Waals surface area contributed by atoms with Gasteiger partial charge >= 0.3 is 12.1 Å². The van der Waals surface area contributed by atoms with E-state index >= 15 is 0 Å². The van der Waals surface area contributed by atoms with Crippen LogP contribution >= 0.6 is 11.3 Å². The van der Waals surface area contributed by atoms with Crippen molar-refractivity contribution in [2.45, 2.75) is 30.9 Å². The van der Waals surface area contributed by atoms with Gasteiger partial charge in [-0.25, -0.2) is 9.59 Å². The quantitative estimate of drug-likeness (QED) is 0.339. The summed E-state index contributed by atoms with van der Waals surface area (Å²) in [6.45, 7) is 0.0530. The summed E-state index contributed by atoms with van der Waals surface area (Å²) >= 11 is 1.35. The highest BCUT2D eigenvalue weighted by Gasteiger charge is 2.30. The molecule has 1 aliphatic carbocycles. The molecule has 2 aromatic carbocycles. The molecule has 4 N–H and O–H groups in total. The number of amides is 2. The number of aliphatic hydroxyl groups excluding tert-OH is 1. The van der Waals surface area contributed by atoms with Crippen LogP contribution in [0.1, 0.15) is 28.3 Å². The lowest BCUT2D eigenvalue weighted by atomic mass is 9.98. The Hall–Kier alpha value is -3.76. The third kappa shape index (κ3) is 5.84. The summed E-state index contributed by atoms with van der Waals surface area (Å²) in [5.41, 5.74) is 6.02. The Balaban J connectivity index is 1.39. The number of nitrogens with one attached hydrogen (secondary N) is 2. The number of carboxylic acids is 1. The van der Waals surface area contributed by atoms with Crippen LogP contribution in [-0.4, -0.2) is 58.5 Å². The van der Waals surface area contributed by atoms with E-state index in [1.165, 1.54) is 11.3 Å². The number of aliphatic carboxylic acids is 1. The number of aliphatic hydroxyl groups is 1. The maximum absolute atomic E-state index is 12.7. The fraction of sp³-hybridized carbons (Fsp3) is 0.280. The van der Waals surface area contributed by atoms with Crippen LogP contribution in [0.25, 0.3) is 11.1 Å². The van der Waals surface area contributed by atoms with E-state index in [1.807, 2.05) is 48.5 Å². The summed E-state index contributed by atoms with van der Waals surface area (Å²) in [7, 11) is 0. The van der Waals surface area contributed by atoms with Gasteiger partial charge in [0.25, 0.3) is 0 Å². The zero-order valence-electron chi connectivity index (χ0n) is 18.7. The molecule has 2 amide bonds. The van der Waals surface area contributed by atoms with Crippen LogP contribution in [0.3, 0.4) is 0 Å². The summed E-state index contributed by atoms with van der Waals surface area (Å²) < 4.78 is 5.55. The Labute approximate surface area is 205 Å². The highest BCUT2D eigenvalue weighted by atomic mass is 32.1. The van der Waals surface area contributed by atoms with E-state index in [4.69, 9.17) is 9.84 Å². The van der Waals surface area contributed by atoms with E-state index in [-0.39, 0.29) is 31.9 Å². The van der Waals surface area contributed by atoms with Crippen LogP contribution in [0.2, 0.25) is 0 Å². The maximum atomic E-state index is 12.7. The Bertz CT molecular complexity index is 1150. The van der Waals surface area contributed by atoms with Crippen molar-refractivity contribution in [2.24, 2.45) is 0 Å². The second-order valence-corrected chi connectivity index (χ2v) is 9.10. The minimum absolute atomic E-state index is 0.0577. The van der Waals surface area contributed by atoms with E-state index < -0.39 is 30.1 Å². The molecule has 0 fully saturated rings. The van der Waals surface area contributed by atoms with Crippen LogP contribution in [-0.2, 0) is 20.7 Å². The van der Waals surface area contributed by atoms with Gasteiger partial charge in [0.15, 0.2) is 6.10 Å². The molecule has 10 heteroatoms. The van der Waals surface area contributed by atoms with Gasteiger partial charge in [0, 0.05) is 36.4 Å². The molecule has 1 heterocycles. The smallest absolute Gasteiger partial charge is 0.407 e. The van der Waals surface area contributed by atoms with Crippen molar-refractivity contribution in [3.8, 4) is 11.1 Å². The van der Waals surface area contributed by atoms with E-state index in [1.54, 1.807) is 11.7 Å². The van der Waals surface area contributed by atoms with Gasteiger partial charge in [-0.2, -0.15) is 0 Å². The molecule has 35 heavy (non-hydrogen) atoms. The zero-order chi connectivity index (χ0) is 24.8. The maximum Gasteiger partial charge on any atom is 0.407 e. The van der Waals surface area contributed by atoms with Crippen LogP contribution in [0.15, 0.2) is 60.2 Å². The lowest BCUT2D eigenvalue weighted by Crippen LogP contribution is -2.48. The molecule has 3 aromatic rings. The van der Waals surface area contributed by atoms with Gasteiger partial charge in [-0.3, -0.25) is 9.78 Å². The average Bonchev–Trinajstić information content (AvgIpc) is 3.48. The number of carbonyl (C=O) groups excluding carboxylic acids is 2. The molecule has 9 nitrogen and oxygen atoms in total. The highest BCUT2D eigenvalue weighted by molar-refractivity contribution is 7.09. The molecule has 4 rings (SSSR count). The van der Waals surface area contributed by atoms with E-state index in [0.29, 0.717) is 0 Å². The molecule has 0 aliphatic heterocycles. The third-order valence-electron chi connectivity index (χ3n) is 5.84. The van der Waals surface area contributed by atoms with E-state index in [0.717, 1.165) is 27.1 Å². The van der Waals surface area contributed by atoms with Gasteiger partial charge in [-0.1, -0.05) is 48.5 Å². The summed E-state index contributed by atoms with van der Waals surface area (Å²) in [4.78, 5) is 41.0. The van der Waals surface area contributed by atoms with Crippen molar-refractivity contribution >= 4 is 29.3 Å². The van der Waals surface area contributed by atoms with Gasteiger partial charge in [0.05, 0.1) is 5.51 Å². The number of benzene rings is 2. The molecular formula is C25H25N3O6S. The molecular weight excluding hydrogens is 470 g/mol. The lowest BCUT2D eigenvalue weighted by Gasteiger charge is -2.19. The first-order chi connectivity index (χ1) is 16.9. The predicted octanol–water partition coefficient (Wildman–Crippen LogP) is 2.54. The number of alkyl carbamates (subject to hydrolysis) is 1. The molecule has 182 valence electrons. The third-order valence-corrected chi connectivity index (χ3v) is 6.65. The summed E-state index contributed by atoms with van der Waals surface area (Å²) in [5, 5.41) is 23.3. The number of aromatic nitrogens is 1. The standard InChI is InChI=1S/C25H25N3O6S/c29-22(24(31)32)9-10-27-23(30)21(11-15-12-26-14-35-15)28-25(33)34-13-20-18-7-3-1-5-16(18)17-6-2-4-8-19(17)20/h1-8,12,14,20-22,29H,9-11,13H2,(H,27,30)(H,28,33)(H,31,32)/t21?,22-/m0/s1. The second-order valence-electron chi connectivity index (χ2n) is 8.13. The molecule has 2 atom stereocenters. The van der Waals surface area contributed by atoms with Crippen LogP contribution in [0.5, 0.6) is 0 Å². The lowest BCUT2D eigenvalue weighted by molar-refractivity contribution is -0.147. The second kappa shape index (κ2) is 11.1. The number of ether oxygens (including phenoxy) is 1. The van der Waals surface area contributed by atoms with Gasteiger partial charge < -0.3 is 25.6 Å². The van der Waals surface area contributed by atoms with Crippen LogP contribution < -0.4 is 10.6 Å². The van der Waals surface area contributed by atoms with Crippen LogP contribution in [0.4, 0.5) is 4.79 Å². The highest BCUT2D eigenvalue weighted by Crippen LogP contribution is 2.44. The molecule has 0 saturated heterocycles. The topological polar surface area (TPSA) is 138 Å². The Morgan fingerprint density at radius 1 is 1.06 bits per heavy atom. The molecule has 0 spiro atoms. The number of rotatable bonds is 10. The predicted molar refractivity (Wildman–Crippen MR) is 129 cm³/mol. The molecule has 0 saturated carbocycles. The number of nitrogens with zero attached hydrogens (tertiary/aromatic N) is 1. The van der Waals surface area contributed by atoms with Gasteiger partial charge in [0.2, 0.25) is 5.91 Å². The summed E-state index contributed by atoms with van der Waals surface area (Å²) in [6, 6.07) is 15.0. The monoisotopic (exact) mass is 495 g/mol. The summed E-state index contributed by atoms with van der Waals surface area (Å²) in [6.07, 6.45) is -0.660. The van der Waals surface area contributed by atoms with Crippen molar-refractivity contribution in [2.75, 3.05) is 13.2 Å². The number of thiazole rings is 1. The Morgan fingerprint density at radius 3 is 2.31 bits per heavy atom. The molecule has 1 unspecified atom stereocenters. The number of carbonyl (C=O) groups is 3. The number of hydrogen-bond acceptors (Lipinski definition) is 7. The Kier molecular flexibility index (Phi) is 7.74. The zero-order valence-corrected chi connectivity index (χ0v) is 19.5. The van der Waals surface area contributed by atoms with Crippen molar-refractivity contribution in [1.82, 2.24) is 15.6 Å². The first-order valence-corrected chi connectivity index (χ1v) is 12.0. The molecule has 0 radical (unpaired) electrons. The fourth-order valence-electron chi connectivity index (χ4n) is 4.11. The molecule has 1 aliphatic rings. The molecule has 1 aromatic heterocycles. The number of carboxylic acid groups (broad SMARTS) is 1. The Morgan fingerprint density at radius 2 is 1.71 bits per heavy atom. The van der Waals surface area contributed by atoms with Gasteiger partial charge in [-0.15, -0.1) is 11.3 Å². The number of fused-ring (bicyclic) bond motifs is 3. The van der Waals surface area contributed by atoms with E-state index in [2.05, 4.69) is 15.6 Å². The minimum Gasteiger partial charge on any atom is -0.479 e. The van der Waals surface area contributed by atoms with Crippen molar-refractivity contribution in [1.29, 1.82) is 0 Å². The van der Waals surface area contributed by atoms with Crippen molar-refractivity contribution in [3.63, 3.8) is 0 Å². The first-order valence-electron chi connectivity index (χ1n) is 11.1. The largest absolute Gasteiger partial charge is 0.479 e. The van der Waals surface area contributed by atoms with Crippen LogP contribution in [0, 0.1) is 0 Å².